The molecule has 0 saturated heterocycles. The molecule has 0 aliphatic heterocycles. The standard InChI is InChI=1S/C17H28FNO/c1-13(10-11-20-5)16(12-19-17(2,3)4)14-6-8-15(18)9-7-14/h6-9,13,16,19H,10-12H2,1-5H3. The first kappa shape index (κ1) is 17.1. The van der Waals surface area contributed by atoms with Crippen LogP contribution in [0.2, 0.25) is 0 Å². The quantitative estimate of drug-likeness (QED) is 0.816. The lowest BCUT2D eigenvalue weighted by atomic mass is 9.84. The third-order valence-corrected chi connectivity index (χ3v) is 3.61. The van der Waals surface area contributed by atoms with Crippen molar-refractivity contribution in [2.75, 3.05) is 20.3 Å². The minimum absolute atomic E-state index is 0.0826. The molecule has 0 radical (unpaired) electrons. The van der Waals surface area contributed by atoms with Crippen LogP contribution in [0, 0.1) is 11.7 Å². The van der Waals surface area contributed by atoms with Crippen LogP contribution in [0.3, 0.4) is 0 Å². The van der Waals surface area contributed by atoms with Gasteiger partial charge in [0.05, 0.1) is 0 Å². The van der Waals surface area contributed by atoms with E-state index in [2.05, 4.69) is 33.0 Å². The first-order valence-corrected chi connectivity index (χ1v) is 7.33. The van der Waals surface area contributed by atoms with E-state index < -0.39 is 0 Å². The Morgan fingerprint density at radius 1 is 1.20 bits per heavy atom. The summed E-state index contributed by atoms with van der Waals surface area (Å²) in [7, 11) is 1.73. The summed E-state index contributed by atoms with van der Waals surface area (Å²) >= 11 is 0. The molecule has 3 heteroatoms. The van der Waals surface area contributed by atoms with Gasteiger partial charge >= 0.3 is 0 Å². The molecule has 0 aliphatic carbocycles. The Labute approximate surface area is 122 Å². The monoisotopic (exact) mass is 281 g/mol. The van der Waals surface area contributed by atoms with E-state index in [1.54, 1.807) is 19.2 Å². The number of halogens is 1. The van der Waals surface area contributed by atoms with Gasteiger partial charge in [-0.1, -0.05) is 19.1 Å². The van der Waals surface area contributed by atoms with Gasteiger partial charge in [-0.05, 0) is 56.7 Å². The summed E-state index contributed by atoms with van der Waals surface area (Å²) in [4.78, 5) is 0. The van der Waals surface area contributed by atoms with Crippen LogP contribution in [-0.4, -0.2) is 25.8 Å². The highest BCUT2D eigenvalue weighted by Crippen LogP contribution is 2.27. The van der Waals surface area contributed by atoms with Crippen LogP contribution in [0.1, 0.15) is 45.6 Å². The smallest absolute Gasteiger partial charge is 0.123 e. The van der Waals surface area contributed by atoms with E-state index in [-0.39, 0.29) is 11.4 Å². The minimum Gasteiger partial charge on any atom is -0.385 e. The van der Waals surface area contributed by atoms with Crippen molar-refractivity contribution in [3.8, 4) is 0 Å². The van der Waals surface area contributed by atoms with Crippen LogP contribution in [-0.2, 0) is 4.74 Å². The fraction of sp³-hybridized carbons (Fsp3) is 0.647. The van der Waals surface area contributed by atoms with Gasteiger partial charge in [-0.25, -0.2) is 4.39 Å². The highest BCUT2D eigenvalue weighted by Gasteiger charge is 2.21. The van der Waals surface area contributed by atoms with E-state index in [9.17, 15) is 4.39 Å². The summed E-state index contributed by atoms with van der Waals surface area (Å²) in [6, 6.07) is 6.88. The number of methoxy groups -OCH3 is 1. The summed E-state index contributed by atoms with van der Waals surface area (Å²) in [5.41, 5.74) is 1.27. The molecule has 1 N–H and O–H groups in total. The molecule has 2 atom stereocenters. The second kappa shape index (κ2) is 7.75. The molecule has 0 saturated carbocycles. The number of hydrogen-bond donors (Lipinski definition) is 1. The lowest BCUT2D eigenvalue weighted by molar-refractivity contribution is 0.172. The highest BCUT2D eigenvalue weighted by molar-refractivity contribution is 5.21. The van der Waals surface area contributed by atoms with Gasteiger partial charge in [0.2, 0.25) is 0 Å². The molecule has 1 aromatic rings. The fourth-order valence-corrected chi connectivity index (χ4v) is 2.28. The lowest BCUT2D eigenvalue weighted by Crippen LogP contribution is -2.39. The molecule has 114 valence electrons. The molecule has 2 unspecified atom stereocenters. The molecule has 0 heterocycles. The molecule has 0 bridgehead atoms. The van der Waals surface area contributed by atoms with Gasteiger partial charge in [-0.2, -0.15) is 0 Å². The summed E-state index contributed by atoms with van der Waals surface area (Å²) in [6.45, 7) is 10.4. The molecule has 0 aliphatic rings. The van der Waals surface area contributed by atoms with Gasteiger partial charge in [0.1, 0.15) is 5.82 Å². The van der Waals surface area contributed by atoms with Crippen LogP contribution in [0.25, 0.3) is 0 Å². The second-order valence-electron chi connectivity index (χ2n) is 6.55. The number of benzene rings is 1. The Kier molecular flexibility index (Phi) is 6.63. The first-order valence-electron chi connectivity index (χ1n) is 7.33. The van der Waals surface area contributed by atoms with Crippen LogP contribution >= 0.6 is 0 Å². The van der Waals surface area contributed by atoms with Crippen molar-refractivity contribution >= 4 is 0 Å². The van der Waals surface area contributed by atoms with Crippen LogP contribution < -0.4 is 5.32 Å². The Hall–Kier alpha value is -0.930. The topological polar surface area (TPSA) is 21.3 Å². The maximum Gasteiger partial charge on any atom is 0.123 e. The van der Waals surface area contributed by atoms with Crippen LogP contribution in [0.5, 0.6) is 0 Å². The number of nitrogens with one attached hydrogen (secondary N) is 1. The predicted octanol–water partition coefficient (Wildman–Crippen LogP) is 3.97. The fourth-order valence-electron chi connectivity index (χ4n) is 2.28. The molecule has 1 rings (SSSR count). The number of hydrogen-bond acceptors (Lipinski definition) is 2. The van der Waals surface area contributed by atoms with Crippen LogP contribution in [0.4, 0.5) is 4.39 Å². The number of rotatable bonds is 7. The van der Waals surface area contributed by atoms with E-state index >= 15 is 0 Å². The maximum absolute atomic E-state index is 13.1. The zero-order valence-electron chi connectivity index (χ0n) is 13.4. The molecule has 2 nitrogen and oxygen atoms in total. The lowest BCUT2D eigenvalue weighted by Gasteiger charge is -2.29. The summed E-state index contributed by atoms with van der Waals surface area (Å²) in [5.74, 6) is 0.668. The molecule has 0 spiro atoms. The molecule has 20 heavy (non-hydrogen) atoms. The van der Waals surface area contributed by atoms with Gasteiger partial charge in [0.25, 0.3) is 0 Å². The van der Waals surface area contributed by atoms with Gasteiger partial charge in [0.15, 0.2) is 0 Å². The Morgan fingerprint density at radius 3 is 2.30 bits per heavy atom. The largest absolute Gasteiger partial charge is 0.385 e. The Morgan fingerprint density at radius 2 is 1.80 bits per heavy atom. The summed E-state index contributed by atoms with van der Waals surface area (Å²) in [6.07, 6.45) is 1.00. The molecule has 1 aromatic carbocycles. The Bertz CT molecular complexity index is 383. The van der Waals surface area contributed by atoms with Crippen molar-refractivity contribution < 1.29 is 9.13 Å². The normalized spacial score (nSPS) is 15.1. The zero-order chi connectivity index (χ0) is 15.2. The van der Waals surface area contributed by atoms with Crippen molar-refractivity contribution in [3.05, 3.63) is 35.6 Å². The van der Waals surface area contributed by atoms with Crippen molar-refractivity contribution in [2.45, 2.75) is 45.6 Å². The van der Waals surface area contributed by atoms with Crippen molar-refractivity contribution in [2.24, 2.45) is 5.92 Å². The van der Waals surface area contributed by atoms with Gasteiger partial charge < -0.3 is 10.1 Å². The maximum atomic E-state index is 13.1. The highest BCUT2D eigenvalue weighted by atomic mass is 19.1. The van der Waals surface area contributed by atoms with Crippen molar-refractivity contribution in [1.29, 1.82) is 0 Å². The van der Waals surface area contributed by atoms with E-state index in [0.29, 0.717) is 11.8 Å². The number of ether oxygens (including phenoxy) is 1. The average Bonchev–Trinajstić information content (AvgIpc) is 2.37. The average molecular weight is 281 g/mol. The molecule has 0 aromatic heterocycles. The summed E-state index contributed by atoms with van der Waals surface area (Å²) in [5, 5.41) is 3.56. The van der Waals surface area contributed by atoms with Gasteiger partial charge in [-0.15, -0.1) is 0 Å². The molecule has 0 amide bonds. The van der Waals surface area contributed by atoms with E-state index in [4.69, 9.17) is 4.74 Å². The van der Waals surface area contributed by atoms with Crippen molar-refractivity contribution in [1.82, 2.24) is 5.32 Å². The third-order valence-electron chi connectivity index (χ3n) is 3.61. The molecule has 0 fully saturated rings. The van der Waals surface area contributed by atoms with Gasteiger partial charge in [0, 0.05) is 25.8 Å². The zero-order valence-corrected chi connectivity index (χ0v) is 13.4. The van der Waals surface area contributed by atoms with Crippen LogP contribution in [0.15, 0.2) is 24.3 Å². The molecular weight excluding hydrogens is 253 g/mol. The van der Waals surface area contributed by atoms with E-state index in [1.165, 1.54) is 5.56 Å². The third kappa shape index (κ3) is 6.02. The molecular formula is C17H28FNO. The second-order valence-corrected chi connectivity index (χ2v) is 6.55. The van der Waals surface area contributed by atoms with E-state index in [0.717, 1.165) is 19.6 Å². The summed E-state index contributed by atoms with van der Waals surface area (Å²) < 4.78 is 18.3. The van der Waals surface area contributed by atoms with E-state index in [1.807, 2.05) is 12.1 Å². The van der Waals surface area contributed by atoms with Gasteiger partial charge in [-0.3, -0.25) is 0 Å². The van der Waals surface area contributed by atoms with Crippen molar-refractivity contribution in [3.63, 3.8) is 0 Å². The SMILES string of the molecule is COCCC(C)C(CNC(C)(C)C)c1ccc(F)cc1. The first-order chi connectivity index (χ1) is 9.33. The Balaban J connectivity index is 2.80. The minimum atomic E-state index is -0.180. The predicted molar refractivity (Wildman–Crippen MR) is 82.6 cm³/mol.